The molecular weight excluding hydrogens is 232 g/mol. The van der Waals surface area contributed by atoms with Crippen LogP contribution in [0.1, 0.15) is 16.8 Å². The van der Waals surface area contributed by atoms with Crippen molar-refractivity contribution in [2.45, 2.75) is 18.5 Å². The number of benzene rings is 1. The number of amides is 1. The minimum absolute atomic E-state index is 0.179. The molecule has 1 aliphatic heterocycles. The number of esters is 1. The lowest BCUT2D eigenvalue weighted by Crippen LogP contribution is -2.41. The van der Waals surface area contributed by atoms with Crippen molar-refractivity contribution in [3.05, 3.63) is 35.9 Å². The Morgan fingerprint density at radius 1 is 1.33 bits per heavy atom. The van der Waals surface area contributed by atoms with E-state index in [4.69, 9.17) is 10.5 Å². The van der Waals surface area contributed by atoms with Crippen molar-refractivity contribution in [2.24, 2.45) is 5.73 Å². The molecule has 0 saturated carbocycles. The number of likely N-dealkylation sites (tertiary alicyclic amines) is 1. The van der Waals surface area contributed by atoms with Crippen molar-refractivity contribution in [3.8, 4) is 0 Å². The fourth-order valence-electron chi connectivity index (χ4n) is 2.20. The number of hydrogen-bond donors (Lipinski definition) is 1. The van der Waals surface area contributed by atoms with E-state index in [1.54, 1.807) is 24.3 Å². The van der Waals surface area contributed by atoms with Gasteiger partial charge in [0, 0.05) is 18.2 Å². The second-order valence-electron chi connectivity index (χ2n) is 4.36. The smallest absolute Gasteiger partial charge is 0.328 e. The Kier molecular flexibility index (Phi) is 3.62. The summed E-state index contributed by atoms with van der Waals surface area (Å²) in [6.07, 6.45) is 0.450. The molecule has 0 spiro atoms. The lowest BCUT2D eigenvalue weighted by atomic mass is 10.1. The molecule has 2 atom stereocenters. The molecule has 1 aromatic rings. The van der Waals surface area contributed by atoms with Crippen molar-refractivity contribution >= 4 is 11.9 Å². The van der Waals surface area contributed by atoms with Crippen LogP contribution in [0.5, 0.6) is 0 Å². The van der Waals surface area contributed by atoms with E-state index in [0.29, 0.717) is 18.5 Å². The number of nitrogens with zero attached hydrogens (tertiary/aromatic N) is 1. The number of methoxy groups -OCH3 is 1. The van der Waals surface area contributed by atoms with Gasteiger partial charge < -0.3 is 15.4 Å². The third-order valence-corrected chi connectivity index (χ3v) is 3.09. The van der Waals surface area contributed by atoms with Gasteiger partial charge in [0.15, 0.2) is 0 Å². The van der Waals surface area contributed by atoms with Crippen molar-refractivity contribution in [1.82, 2.24) is 4.90 Å². The maximum atomic E-state index is 12.3. The number of rotatable bonds is 2. The summed E-state index contributed by atoms with van der Waals surface area (Å²) >= 11 is 0. The summed E-state index contributed by atoms with van der Waals surface area (Å²) in [5, 5.41) is 0. The molecule has 1 aliphatic rings. The summed E-state index contributed by atoms with van der Waals surface area (Å²) in [7, 11) is 1.32. The molecule has 1 fully saturated rings. The molecule has 0 bridgehead atoms. The second kappa shape index (κ2) is 5.18. The Morgan fingerprint density at radius 2 is 2.00 bits per heavy atom. The van der Waals surface area contributed by atoms with Crippen molar-refractivity contribution in [2.75, 3.05) is 13.7 Å². The number of nitrogens with two attached hydrogens (primary N) is 1. The highest BCUT2D eigenvalue weighted by Gasteiger charge is 2.39. The van der Waals surface area contributed by atoms with Crippen LogP contribution in [0, 0.1) is 0 Å². The first-order chi connectivity index (χ1) is 8.63. The summed E-state index contributed by atoms with van der Waals surface area (Å²) in [6.45, 7) is 0.382. The molecule has 5 heteroatoms. The van der Waals surface area contributed by atoms with Crippen LogP contribution in [0.15, 0.2) is 30.3 Å². The zero-order chi connectivity index (χ0) is 13.1. The lowest BCUT2D eigenvalue weighted by Gasteiger charge is -2.22. The highest BCUT2D eigenvalue weighted by Crippen LogP contribution is 2.20. The molecule has 96 valence electrons. The molecule has 0 aliphatic carbocycles. The standard InChI is InChI=1S/C13H16N2O3/c1-18-13(17)11-7-10(14)8-15(11)12(16)9-5-3-2-4-6-9/h2-6,10-11H,7-8,14H2,1H3/t10-,11-/m0/s1. The van der Waals surface area contributed by atoms with Crippen LogP contribution in [0.25, 0.3) is 0 Å². The molecule has 0 aromatic heterocycles. The zero-order valence-corrected chi connectivity index (χ0v) is 10.2. The van der Waals surface area contributed by atoms with Gasteiger partial charge >= 0.3 is 5.97 Å². The van der Waals surface area contributed by atoms with Crippen molar-refractivity contribution < 1.29 is 14.3 Å². The van der Waals surface area contributed by atoms with Gasteiger partial charge in [-0.3, -0.25) is 4.79 Å². The van der Waals surface area contributed by atoms with Crippen LogP contribution in [0.3, 0.4) is 0 Å². The molecule has 2 rings (SSSR count). The summed E-state index contributed by atoms with van der Waals surface area (Å²) in [5.74, 6) is -0.591. The molecule has 5 nitrogen and oxygen atoms in total. The summed E-state index contributed by atoms with van der Waals surface area (Å²) in [5.41, 5.74) is 6.38. The Balaban J connectivity index is 2.21. The minimum Gasteiger partial charge on any atom is -0.467 e. The largest absolute Gasteiger partial charge is 0.467 e. The molecule has 2 N–H and O–H groups in total. The fraction of sp³-hybridized carbons (Fsp3) is 0.385. The molecule has 1 amide bonds. The van der Waals surface area contributed by atoms with E-state index in [1.165, 1.54) is 12.0 Å². The summed E-state index contributed by atoms with van der Waals surface area (Å²) < 4.78 is 4.71. The third-order valence-electron chi connectivity index (χ3n) is 3.09. The summed E-state index contributed by atoms with van der Waals surface area (Å²) in [6, 6.07) is 8.11. The van der Waals surface area contributed by atoms with Gasteiger partial charge in [0.25, 0.3) is 5.91 Å². The van der Waals surface area contributed by atoms with E-state index < -0.39 is 12.0 Å². The second-order valence-corrected chi connectivity index (χ2v) is 4.36. The first-order valence-electron chi connectivity index (χ1n) is 5.83. The Labute approximate surface area is 106 Å². The first-order valence-corrected chi connectivity index (χ1v) is 5.83. The lowest BCUT2D eigenvalue weighted by molar-refractivity contribution is -0.145. The number of hydrogen-bond acceptors (Lipinski definition) is 4. The number of carbonyl (C=O) groups excluding carboxylic acids is 2. The highest BCUT2D eigenvalue weighted by atomic mass is 16.5. The van der Waals surface area contributed by atoms with Gasteiger partial charge in [-0.25, -0.2) is 4.79 Å². The van der Waals surface area contributed by atoms with Gasteiger partial charge in [0.2, 0.25) is 0 Å². The van der Waals surface area contributed by atoms with Crippen molar-refractivity contribution in [1.29, 1.82) is 0 Å². The summed E-state index contributed by atoms with van der Waals surface area (Å²) in [4.78, 5) is 25.4. The maximum Gasteiger partial charge on any atom is 0.328 e. The molecule has 0 unspecified atom stereocenters. The van der Waals surface area contributed by atoms with Gasteiger partial charge in [-0.15, -0.1) is 0 Å². The highest BCUT2D eigenvalue weighted by molar-refractivity contribution is 5.97. The van der Waals surface area contributed by atoms with Crippen LogP contribution in [-0.4, -0.2) is 42.5 Å². The third kappa shape index (κ3) is 2.36. The molecule has 18 heavy (non-hydrogen) atoms. The average Bonchev–Trinajstić information content (AvgIpc) is 2.80. The minimum atomic E-state index is -0.572. The van der Waals surface area contributed by atoms with Crippen LogP contribution < -0.4 is 5.73 Å². The van der Waals surface area contributed by atoms with Crippen LogP contribution in [0.2, 0.25) is 0 Å². The first kappa shape index (κ1) is 12.6. The van der Waals surface area contributed by atoms with E-state index in [1.807, 2.05) is 6.07 Å². The predicted octanol–water partition coefficient (Wildman–Crippen LogP) is 0.401. The topological polar surface area (TPSA) is 72.6 Å². The van der Waals surface area contributed by atoms with Crippen LogP contribution in [0.4, 0.5) is 0 Å². The average molecular weight is 248 g/mol. The monoisotopic (exact) mass is 248 g/mol. The van der Waals surface area contributed by atoms with Gasteiger partial charge in [-0.05, 0) is 18.6 Å². The SMILES string of the molecule is COC(=O)[C@@H]1C[C@H](N)CN1C(=O)c1ccccc1. The zero-order valence-electron chi connectivity index (χ0n) is 10.2. The van der Waals surface area contributed by atoms with E-state index in [9.17, 15) is 9.59 Å². The molecular formula is C13H16N2O3. The van der Waals surface area contributed by atoms with Crippen LogP contribution in [-0.2, 0) is 9.53 Å². The van der Waals surface area contributed by atoms with Gasteiger partial charge in [-0.2, -0.15) is 0 Å². The molecule has 0 radical (unpaired) electrons. The number of carbonyl (C=O) groups is 2. The quantitative estimate of drug-likeness (QED) is 0.769. The Morgan fingerprint density at radius 3 is 2.61 bits per heavy atom. The Bertz CT molecular complexity index is 447. The van der Waals surface area contributed by atoms with E-state index in [0.717, 1.165) is 0 Å². The van der Waals surface area contributed by atoms with E-state index >= 15 is 0 Å². The molecule has 1 heterocycles. The van der Waals surface area contributed by atoms with Gasteiger partial charge in [0.05, 0.1) is 7.11 Å². The number of ether oxygens (including phenoxy) is 1. The Hall–Kier alpha value is -1.88. The maximum absolute atomic E-state index is 12.3. The van der Waals surface area contributed by atoms with E-state index in [-0.39, 0.29) is 11.9 Å². The van der Waals surface area contributed by atoms with E-state index in [2.05, 4.69) is 0 Å². The molecule has 1 saturated heterocycles. The van der Waals surface area contributed by atoms with Gasteiger partial charge in [0.1, 0.15) is 6.04 Å². The van der Waals surface area contributed by atoms with Crippen molar-refractivity contribution in [3.63, 3.8) is 0 Å². The fourth-order valence-corrected chi connectivity index (χ4v) is 2.20. The van der Waals surface area contributed by atoms with Gasteiger partial charge in [-0.1, -0.05) is 18.2 Å². The normalized spacial score (nSPS) is 22.9. The predicted molar refractivity (Wildman–Crippen MR) is 65.9 cm³/mol. The van der Waals surface area contributed by atoms with Crippen LogP contribution >= 0.6 is 0 Å². The molecule has 1 aromatic carbocycles.